The summed E-state index contributed by atoms with van der Waals surface area (Å²) in [5.41, 5.74) is 1.27. The second-order valence-electron chi connectivity index (χ2n) is 5.01. The Labute approximate surface area is 97.1 Å². The fourth-order valence-electron chi connectivity index (χ4n) is 1.71. The minimum atomic E-state index is -1.34. The van der Waals surface area contributed by atoms with Gasteiger partial charge in [0.05, 0.1) is 12.7 Å². The second kappa shape index (κ2) is 4.21. The van der Waals surface area contributed by atoms with Crippen LogP contribution in [-0.2, 0) is 6.54 Å². The molecule has 0 bridgehead atoms. The minimum absolute atomic E-state index is 0.820. The van der Waals surface area contributed by atoms with Gasteiger partial charge in [-0.2, -0.15) is 0 Å². The molecule has 0 aliphatic carbocycles. The van der Waals surface area contributed by atoms with Crippen LogP contribution < -0.4 is 5.32 Å². The summed E-state index contributed by atoms with van der Waals surface area (Å²) in [6.45, 7) is 7.76. The van der Waals surface area contributed by atoms with Gasteiger partial charge in [-0.15, -0.1) is 5.10 Å². The molecule has 0 radical (unpaired) electrons. The van der Waals surface area contributed by atoms with Crippen LogP contribution in [-0.4, -0.2) is 23.1 Å². The number of rotatable bonds is 3. The van der Waals surface area contributed by atoms with Crippen LogP contribution in [0.25, 0.3) is 0 Å². The Morgan fingerprint density at radius 3 is 2.44 bits per heavy atom. The Morgan fingerprint density at radius 2 is 1.81 bits per heavy atom. The lowest BCUT2D eigenvalue weighted by Crippen LogP contribution is -2.43. The summed E-state index contributed by atoms with van der Waals surface area (Å²) in [4.78, 5) is 0. The van der Waals surface area contributed by atoms with E-state index >= 15 is 0 Å². The third-order valence-corrected chi connectivity index (χ3v) is 4.49. The van der Waals surface area contributed by atoms with Crippen LogP contribution in [0, 0.1) is 0 Å². The van der Waals surface area contributed by atoms with E-state index in [4.69, 9.17) is 0 Å². The first-order valence-corrected chi connectivity index (χ1v) is 9.00. The molecule has 0 amide bonds. The van der Waals surface area contributed by atoms with Crippen molar-refractivity contribution in [3.63, 3.8) is 0 Å². The molecule has 3 nitrogen and oxygen atoms in total. The molecular weight excluding hydrogens is 214 g/mol. The van der Waals surface area contributed by atoms with E-state index in [-0.39, 0.29) is 0 Å². The Morgan fingerprint density at radius 1 is 1.12 bits per heavy atom. The van der Waals surface area contributed by atoms with Crippen molar-refractivity contribution < 1.29 is 0 Å². The molecule has 84 valence electrons. The van der Waals surface area contributed by atoms with Crippen molar-refractivity contribution >= 4 is 13.4 Å². The monoisotopic (exact) mass is 231 g/mol. The number of nitrogens with zero attached hydrogens (tertiary/aromatic N) is 3. The Hall–Kier alpha value is -1.42. The van der Waals surface area contributed by atoms with E-state index in [1.807, 2.05) is 16.9 Å². The first-order chi connectivity index (χ1) is 7.57. The first kappa shape index (κ1) is 11.1. The van der Waals surface area contributed by atoms with Gasteiger partial charge >= 0.3 is 0 Å². The van der Waals surface area contributed by atoms with Gasteiger partial charge in [-0.3, -0.25) is 0 Å². The summed E-state index contributed by atoms with van der Waals surface area (Å²) in [5, 5.41) is 9.51. The topological polar surface area (TPSA) is 30.7 Å². The maximum absolute atomic E-state index is 4.18. The molecule has 0 aliphatic heterocycles. The van der Waals surface area contributed by atoms with Crippen LogP contribution >= 0.6 is 0 Å². The number of hydrogen-bond acceptors (Lipinski definition) is 2. The van der Waals surface area contributed by atoms with Crippen LogP contribution in [0.1, 0.15) is 5.56 Å². The van der Waals surface area contributed by atoms with Crippen LogP contribution in [0.3, 0.4) is 0 Å². The smallest absolute Gasteiger partial charge is 0.103 e. The van der Waals surface area contributed by atoms with E-state index in [1.165, 1.54) is 10.9 Å². The second-order valence-corrected chi connectivity index (χ2v) is 10.0. The predicted molar refractivity (Wildman–Crippen MR) is 68.5 cm³/mol. The molecule has 16 heavy (non-hydrogen) atoms. The van der Waals surface area contributed by atoms with Crippen LogP contribution in [0.2, 0.25) is 19.6 Å². The summed E-state index contributed by atoms with van der Waals surface area (Å²) < 4.78 is 2.03. The maximum atomic E-state index is 4.18. The fraction of sp³-hybridized carbons (Fsp3) is 0.333. The Kier molecular flexibility index (Phi) is 2.92. The molecule has 0 N–H and O–H groups in total. The van der Waals surface area contributed by atoms with E-state index in [2.05, 4.69) is 54.2 Å². The van der Waals surface area contributed by atoms with Crippen molar-refractivity contribution in [3.8, 4) is 0 Å². The molecule has 0 saturated carbocycles. The quantitative estimate of drug-likeness (QED) is 0.755. The average Bonchev–Trinajstić information content (AvgIpc) is 2.67. The third-order valence-electron chi connectivity index (χ3n) is 2.56. The molecule has 2 aromatic rings. The molecule has 0 unspecified atom stereocenters. The lowest BCUT2D eigenvalue weighted by molar-refractivity contribution is 0.662. The highest BCUT2D eigenvalue weighted by atomic mass is 28.3. The molecule has 0 atom stereocenters. The van der Waals surface area contributed by atoms with E-state index < -0.39 is 8.07 Å². The predicted octanol–water partition coefficient (Wildman–Crippen LogP) is 1.87. The van der Waals surface area contributed by atoms with Gasteiger partial charge in [-0.1, -0.05) is 55.2 Å². The Balaban J connectivity index is 2.26. The zero-order chi connectivity index (χ0) is 11.6. The normalized spacial score (nSPS) is 11.7. The molecule has 0 saturated heterocycles. The molecular formula is C12H17N3Si. The van der Waals surface area contributed by atoms with Gasteiger partial charge in [-0.25, -0.2) is 4.68 Å². The summed E-state index contributed by atoms with van der Waals surface area (Å²) in [6, 6.07) is 10.4. The van der Waals surface area contributed by atoms with Gasteiger partial charge in [0, 0.05) is 5.32 Å². The lowest BCUT2D eigenvalue weighted by Gasteiger charge is -2.16. The zero-order valence-corrected chi connectivity index (χ0v) is 11.0. The van der Waals surface area contributed by atoms with E-state index in [1.54, 1.807) is 0 Å². The van der Waals surface area contributed by atoms with Crippen molar-refractivity contribution in [2.75, 3.05) is 0 Å². The van der Waals surface area contributed by atoms with Crippen LogP contribution in [0.5, 0.6) is 0 Å². The van der Waals surface area contributed by atoms with Crippen molar-refractivity contribution in [2.45, 2.75) is 26.2 Å². The SMILES string of the molecule is C[Si](C)(C)c1cnnn1Cc1ccccc1. The standard InChI is InChI=1S/C12H17N3Si/c1-16(2,3)12-9-13-14-15(12)10-11-7-5-4-6-8-11/h4-9H,10H2,1-3H3. The maximum Gasteiger partial charge on any atom is 0.103 e. The highest BCUT2D eigenvalue weighted by Crippen LogP contribution is 2.04. The molecule has 1 aromatic carbocycles. The molecule has 0 aliphatic rings. The largest absolute Gasteiger partial charge is 0.249 e. The minimum Gasteiger partial charge on any atom is -0.249 e. The zero-order valence-electron chi connectivity index (χ0n) is 10.0. The summed E-state index contributed by atoms with van der Waals surface area (Å²) in [5.74, 6) is 0. The molecule has 4 heteroatoms. The molecule has 1 aromatic heterocycles. The van der Waals surface area contributed by atoms with E-state index in [0.29, 0.717) is 0 Å². The first-order valence-electron chi connectivity index (χ1n) is 5.50. The highest BCUT2D eigenvalue weighted by molar-refractivity contribution is 6.88. The van der Waals surface area contributed by atoms with Crippen molar-refractivity contribution in [2.24, 2.45) is 0 Å². The van der Waals surface area contributed by atoms with Gasteiger partial charge in [0.1, 0.15) is 8.07 Å². The van der Waals surface area contributed by atoms with Gasteiger partial charge in [0.15, 0.2) is 0 Å². The van der Waals surface area contributed by atoms with E-state index in [9.17, 15) is 0 Å². The van der Waals surface area contributed by atoms with Gasteiger partial charge in [-0.05, 0) is 5.56 Å². The Bertz CT molecular complexity index is 457. The van der Waals surface area contributed by atoms with Gasteiger partial charge in [0.2, 0.25) is 0 Å². The summed E-state index contributed by atoms with van der Waals surface area (Å²) in [7, 11) is -1.34. The number of benzene rings is 1. The van der Waals surface area contributed by atoms with Crippen molar-refractivity contribution in [3.05, 3.63) is 42.1 Å². The lowest BCUT2D eigenvalue weighted by atomic mass is 10.2. The molecule has 0 spiro atoms. The molecule has 0 fully saturated rings. The number of aromatic nitrogens is 3. The van der Waals surface area contributed by atoms with Crippen LogP contribution in [0.15, 0.2) is 36.5 Å². The van der Waals surface area contributed by atoms with Crippen LogP contribution in [0.4, 0.5) is 0 Å². The van der Waals surface area contributed by atoms with E-state index in [0.717, 1.165) is 6.54 Å². The highest BCUT2D eigenvalue weighted by Gasteiger charge is 2.21. The third kappa shape index (κ3) is 2.39. The summed E-state index contributed by atoms with van der Waals surface area (Å²) in [6.07, 6.45) is 1.91. The molecule has 1 heterocycles. The average molecular weight is 231 g/mol. The fourth-order valence-corrected chi connectivity index (χ4v) is 3.05. The summed E-state index contributed by atoms with van der Waals surface area (Å²) >= 11 is 0. The van der Waals surface area contributed by atoms with Gasteiger partial charge in [0.25, 0.3) is 0 Å². The van der Waals surface area contributed by atoms with Crippen molar-refractivity contribution in [1.29, 1.82) is 0 Å². The van der Waals surface area contributed by atoms with Gasteiger partial charge < -0.3 is 0 Å². The number of hydrogen-bond donors (Lipinski definition) is 0. The van der Waals surface area contributed by atoms with Crippen molar-refractivity contribution in [1.82, 2.24) is 15.0 Å². The molecule has 2 rings (SSSR count).